The van der Waals surface area contributed by atoms with Crippen molar-refractivity contribution in [3.8, 4) is 16.9 Å². The number of sulfonamides is 1. The van der Waals surface area contributed by atoms with Gasteiger partial charge in [-0.05, 0) is 36.4 Å². The van der Waals surface area contributed by atoms with E-state index in [1.54, 1.807) is 0 Å². The second-order valence-corrected chi connectivity index (χ2v) is 7.84. The fraction of sp³-hybridized carbons (Fsp3) is 0.188. The summed E-state index contributed by atoms with van der Waals surface area (Å²) in [5.74, 6) is -1.82. The highest BCUT2D eigenvalue weighted by Gasteiger charge is 2.21. The Labute approximate surface area is 149 Å². The van der Waals surface area contributed by atoms with Crippen molar-refractivity contribution >= 4 is 27.6 Å². The third-order valence-electron chi connectivity index (χ3n) is 3.30. The van der Waals surface area contributed by atoms with E-state index in [1.807, 2.05) is 0 Å². The Bertz CT molecular complexity index is 915. The summed E-state index contributed by atoms with van der Waals surface area (Å²) in [7, 11) is -1.05. The summed E-state index contributed by atoms with van der Waals surface area (Å²) in [4.78, 5) is 10.6. The standard InChI is InChI=1S/C16H15ClFNO5S/c1-19(2)25(22,23)11-4-5-14(18)12(8-11)13-7-10(17)3-6-15(13)24-9-16(20)21/h3-8H,9H2,1-2H3,(H,20,21). The molecule has 0 aliphatic rings. The summed E-state index contributed by atoms with van der Waals surface area (Å²) < 4.78 is 45.0. The monoisotopic (exact) mass is 387 g/mol. The lowest BCUT2D eigenvalue weighted by Crippen LogP contribution is -2.22. The Hall–Kier alpha value is -2.16. The van der Waals surface area contributed by atoms with E-state index in [2.05, 4.69) is 0 Å². The highest BCUT2D eigenvalue weighted by molar-refractivity contribution is 7.89. The summed E-state index contributed by atoms with van der Waals surface area (Å²) in [5.41, 5.74) is 0.0906. The van der Waals surface area contributed by atoms with Crippen molar-refractivity contribution in [3.05, 3.63) is 47.2 Å². The van der Waals surface area contributed by atoms with E-state index in [-0.39, 0.29) is 26.8 Å². The van der Waals surface area contributed by atoms with Gasteiger partial charge in [0.15, 0.2) is 6.61 Å². The predicted octanol–water partition coefficient (Wildman–Crippen LogP) is 2.86. The summed E-state index contributed by atoms with van der Waals surface area (Å²) in [6, 6.07) is 7.56. The summed E-state index contributed by atoms with van der Waals surface area (Å²) >= 11 is 5.94. The molecule has 2 aromatic rings. The first-order chi connectivity index (χ1) is 11.6. The molecule has 0 aromatic heterocycles. The molecule has 2 rings (SSSR count). The number of hydrogen-bond acceptors (Lipinski definition) is 4. The van der Waals surface area contributed by atoms with Crippen LogP contribution in [0, 0.1) is 5.82 Å². The predicted molar refractivity (Wildman–Crippen MR) is 90.8 cm³/mol. The topological polar surface area (TPSA) is 83.9 Å². The third-order valence-corrected chi connectivity index (χ3v) is 5.35. The van der Waals surface area contributed by atoms with E-state index in [9.17, 15) is 17.6 Å². The quantitative estimate of drug-likeness (QED) is 0.823. The van der Waals surface area contributed by atoms with Crippen LogP contribution in [0.4, 0.5) is 4.39 Å². The van der Waals surface area contributed by atoms with Gasteiger partial charge in [0.2, 0.25) is 10.0 Å². The average Bonchev–Trinajstić information content (AvgIpc) is 2.53. The first kappa shape index (κ1) is 19.2. The molecule has 0 aliphatic heterocycles. The van der Waals surface area contributed by atoms with Gasteiger partial charge in [-0.25, -0.2) is 21.9 Å². The van der Waals surface area contributed by atoms with E-state index in [1.165, 1.54) is 32.3 Å². The number of benzene rings is 2. The molecule has 1 N–H and O–H groups in total. The van der Waals surface area contributed by atoms with Crippen LogP contribution >= 0.6 is 11.6 Å². The fourth-order valence-electron chi connectivity index (χ4n) is 2.06. The average molecular weight is 388 g/mol. The van der Waals surface area contributed by atoms with Crippen molar-refractivity contribution in [1.82, 2.24) is 4.31 Å². The number of nitrogens with zero attached hydrogens (tertiary/aromatic N) is 1. The molecule has 0 unspecified atom stereocenters. The minimum Gasteiger partial charge on any atom is -0.481 e. The maximum Gasteiger partial charge on any atom is 0.341 e. The Kier molecular flexibility index (Phi) is 5.66. The number of ether oxygens (including phenoxy) is 1. The van der Waals surface area contributed by atoms with Crippen LogP contribution in [-0.2, 0) is 14.8 Å². The lowest BCUT2D eigenvalue weighted by Gasteiger charge is -2.15. The van der Waals surface area contributed by atoms with E-state index in [4.69, 9.17) is 21.4 Å². The normalized spacial score (nSPS) is 11.6. The Morgan fingerprint density at radius 1 is 1.20 bits per heavy atom. The highest BCUT2D eigenvalue weighted by Crippen LogP contribution is 2.35. The van der Waals surface area contributed by atoms with E-state index in [0.717, 1.165) is 22.5 Å². The molecule has 0 saturated carbocycles. The van der Waals surface area contributed by atoms with Gasteiger partial charge in [0.1, 0.15) is 11.6 Å². The van der Waals surface area contributed by atoms with Gasteiger partial charge in [0.25, 0.3) is 0 Å². The maximum atomic E-state index is 14.3. The maximum absolute atomic E-state index is 14.3. The second-order valence-electron chi connectivity index (χ2n) is 5.25. The zero-order chi connectivity index (χ0) is 18.8. The molecule has 0 saturated heterocycles. The first-order valence-corrected chi connectivity index (χ1v) is 8.81. The summed E-state index contributed by atoms with van der Waals surface area (Å²) in [6.07, 6.45) is 0. The van der Waals surface area contributed by atoms with Crippen molar-refractivity contribution < 1.29 is 27.4 Å². The van der Waals surface area contributed by atoms with E-state index >= 15 is 0 Å². The molecule has 0 fully saturated rings. The van der Waals surface area contributed by atoms with Crippen LogP contribution in [0.15, 0.2) is 41.3 Å². The van der Waals surface area contributed by atoms with Gasteiger partial charge >= 0.3 is 5.97 Å². The van der Waals surface area contributed by atoms with Crippen molar-refractivity contribution in [2.75, 3.05) is 20.7 Å². The molecule has 134 valence electrons. The van der Waals surface area contributed by atoms with Gasteiger partial charge in [-0.15, -0.1) is 0 Å². The number of carbonyl (C=O) groups is 1. The molecule has 0 aliphatic carbocycles. The number of halogens is 2. The van der Waals surface area contributed by atoms with Crippen LogP contribution < -0.4 is 4.74 Å². The molecule has 0 atom stereocenters. The largest absolute Gasteiger partial charge is 0.481 e. The first-order valence-electron chi connectivity index (χ1n) is 6.99. The number of carboxylic acids is 1. The van der Waals surface area contributed by atoms with Crippen molar-refractivity contribution in [2.45, 2.75) is 4.90 Å². The lowest BCUT2D eigenvalue weighted by molar-refractivity contribution is -0.139. The van der Waals surface area contributed by atoms with Crippen LogP contribution in [0.5, 0.6) is 5.75 Å². The van der Waals surface area contributed by atoms with Gasteiger partial charge in [-0.1, -0.05) is 11.6 Å². The zero-order valence-electron chi connectivity index (χ0n) is 13.4. The Morgan fingerprint density at radius 3 is 2.48 bits per heavy atom. The molecule has 0 bridgehead atoms. The molecule has 2 aromatic carbocycles. The molecule has 25 heavy (non-hydrogen) atoms. The van der Waals surface area contributed by atoms with Gasteiger partial charge in [-0.3, -0.25) is 0 Å². The van der Waals surface area contributed by atoms with Crippen LogP contribution in [0.2, 0.25) is 5.02 Å². The molecule has 0 radical (unpaired) electrons. The minimum atomic E-state index is -3.77. The van der Waals surface area contributed by atoms with Crippen LogP contribution in [0.3, 0.4) is 0 Å². The zero-order valence-corrected chi connectivity index (χ0v) is 14.9. The molecule has 6 nitrogen and oxygen atoms in total. The van der Waals surface area contributed by atoms with Crippen LogP contribution in [-0.4, -0.2) is 44.5 Å². The van der Waals surface area contributed by atoms with Crippen LogP contribution in [0.1, 0.15) is 0 Å². The lowest BCUT2D eigenvalue weighted by atomic mass is 10.0. The number of hydrogen-bond donors (Lipinski definition) is 1. The van der Waals surface area contributed by atoms with Gasteiger partial charge < -0.3 is 9.84 Å². The summed E-state index contributed by atoms with van der Waals surface area (Å²) in [6.45, 7) is -0.633. The second kappa shape index (κ2) is 7.38. The number of rotatable bonds is 6. The number of aliphatic carboxylic acids is 1. The molecule has 9 heteroatoms. The minimum absolute atomic E-state index is 0.0641. The fourth-order valence-corrected chi connectivity index (χ4v) is 3.16. The molecule has 0 amide bonds. The molecular formula is C16H15ClFNO5S. The van der Waals surface area contributed by atoms with Crippen molar-refractivity contribution in [2.24, 2.45) is 0 Å². The third kappa shape index (κ3) is 4.28. The smallest absolute Gasteiger partial charge is 0.341 e. The Morgan fingerprint density at radius 2 is 1.88 bits per heavy atom. The highest BCUT2D eigenvalue weighted by atomic mass is 35.5. The molecule has 0 spiro atoms. The Balaban J connectivity index is 2.62. The van der Waals surface area contributed by atoms with E-state index in [0.29, 0.717) is 0 Å². The summed E-state index contributed by atoms with van der Waals surface area (Å²) in [5, 5.41) is 9.01. The van der Waals surface area contributed by atoms with Crippen LogP contribution in [0.25, 0.3) is 11.1 Å². The van der Waals surface area contributed by atoms with Gasteiger partial charge in [0, 0.05) is 30.2 Å². The van der Waals surface area contributed by atoms with Gasteiger partial charge in [-0.2, -0.15) is 0 Å². The molecular weight excluding hydrogens is 373 g/mol. The number of carboxylic acid groups (broad SMARTS) is 1. The van der Waals surface area contributed by atoms with Crippen molar-refractivity contribution in [3.63, 3.8) is 0 Å². The van der Waals surface area contributed by atoms with Gasteiger partial charge in [0.05, 0.1) is 4.90 Å². The van der Waals surface area contributed by atoms with Crippen molar-refractivity contribution in [1.29, 1.82) is 0 Å². The van der Waals surface area contributed by atoms with E-state index < -0.39 is 28.4 Å². The SMILES string of the molecule is CN(C)S(=O)(=O)c1ccc(F)c(-c2cc(Cl)ccc2OCC(=O)O)c1. The molecule has 0 heterocycles.